The molecular formula is C10H20O5S. The van der Waals surface area contributed by atoms with E-state index in [-0.39, 0.29) is 36.6 Å². The smallest absolute Gasteiger partial charge is 0.309 e. The third kappa shape index (κ3) is 6.79. The predicted molar refractivity (Wildman–Crippen MR) is 60.6 cm³/mol. The molecule has 0 saturated heterocycles. The lowest BCUT2D eigenvalue weighted by molar-refractivity contribution is -0.150. The maximum atomic E-state index is 11.5. The number of hydrogen-bond donors (Lipinski definition) is 1. The minimum Gasteiger partial charge on any atom is -0.465 e. The van der Waals surface area contributed by atoms with Crippen molar-refractivity contribution in [1.82, 2.24) is 0 Å². The van der Waals surface area contributed by atoms with E-state index in [2.05, 4.69) is 0 Å². The highest BCUT2D eigenvalue weighted by Gasteiger charge is 2.21. The largest absolute Gasteiger partial charge is 0.465 e. The lowest BCUT2D eigenvalue weighted by Gasteiger charge is -2.17. The van der Waals surface area contributed by atoms with Crippen molar-refractivity contribution in [2.75, 3.05) is 12.4 Å². The van der Waals surface area contributed by atoms with Crippen LogP contribution in [0.1, 0.15) is 33.6 Å². The van der Waals surface area contributed by atoms with Gasteiger partial charge in [0.2, 0.25) is 0 Å². The number of ether oxygens (including phenoxy) is 1. The normalized spacial score (nSPS) is 13.8. The van der Waals surface area contributed by atoms with Gasteiger partial charge in [-0.3, -0.25) is 9.35 Å². The summed E-state index contributed by atoms with van der Waals surface area (Å²) in [6.45, 7) is 5.81. The van der Waals surface area contributed by atoms with Gasteiger partial charge in [0, 0.05) is 0 Å². The van der Waals surface area contributed by atoms with Crippen molar-refractivity contribution in [2.45, 2.75) is 33.6 Å². The molecule has 0 aromatic heterocycles. The quantitative estimate of drug-likeness (QED) is 0.422. The molecule has 5 nitrogen and oxygen atoms in total. The maximum absolute atomic E-state index is 11.5. The van der Waals surface area contributed by atoms with Gasteiger partial charge in [0.1, 0.15) is 0 Å². The van der Waals surface area contributed by atoms with Crippen LogP contribution in [0.4, 0.5) is 0 Å². The molecule has 0 radical (unpaired) electrons. The van der Waals surface area contributed by atoms with Crippen molar-refractivity contribution in [3.05, 3.63) is 0 Å². The highest BCUT2D eigenvalue weighted by molar-refractivity contribution is 7.85. The minimum absolute atomic E-state index is 0.0296. The Labute approximate surface area is 96.9 Å². The molecule has 1 atom stereocenters. The summed E-state index contributed by atoms with van der Waals surface area (Å²) in [6.07, 6.45) is 0.827. The van der Waals surface area contributed by atoms with Gasteiger partial charge in [0.25, 0.3) is 10.1 Å². The van der Waals surface area contributed by atoms with E-state index in [4.69, 9.17) is 9.29 Å². The Morgan fingerprint density at radius 2 is 1.94 bits per heavy atom. The lowest BCUT2D eigenvalue weighted by Crippen LogP contribution is -2.23. The third-order valence-electron chi connectivity index (χ3n) is 2.34. The van der Waals surface area contributed by atoms with Gasteiger partial charge in [-0.2, -0.15) is 8.42 Å². The SMILES string of the molecule is CCC(C(=O)OCCCS(=O)(=O)O)C(C)C. The molecule has 0 rings (SSSR count). The molecule has 0 aliphatic heterocycles. The molecule has 0 heterocycles. The Balaban J connectivity index is 3.89. The van der Waals surface area contributed by atoms with Gasteiger partial charge in [0.05, 0.1) is 18.3 Å². The third-order valence-corrected chi connectivity index (χ3v) is 3.14. The molecule has 16 heavy (non-hydrogen) atoms. The van der Waals surface area contributed by atoms with Gasteiger partial charge < -0.3 is 4.74 Å². The second kappa shape index (κ2) is 6.85. The Hall–Kier alpha value is -0.620. The Morgan fingerprint density at radius 3 is 2.31 bits per heavy atom. The van der Waals surface area contributed by atoms with E-state index in [9.17, 15) is 13.2 Å². The van der Waals surface area contributed by atoms with E-state index >= 15 is 0 Å². The van der Waals surface area contributed by atoms with Gasteiger partial charge in [0.15, 0.2) is 0 Å². The van der Waals surface area contributed by atoms with Gasteiger partial charge in [-0.1, -0.05) is 20.8 Å². The van der Waals surface area contributed by atoms with Crippen LogP contribution >= 0.6 is 0 Å². The van der Waals surface area contributed by atoms with Gasteiger partial charge in [-0.05, 0) is 18.8 Å². The second-order valence-corrected chi connectivity index (χ2v) is 5.64. The first-order chi connectivity index (χ1) is 7.28. The number of esters is 1. The molecule has 0 bridgehead atoms. The zero-order chi connectivity index (χ0) is 12.8. The molecule has 0 saturated carbocycles. The van der Waals surface area contributed by atoms with Crippen molar-refractivity contribution in [3.8, 4) is 0 Å². The first-order valence-corrected chi connectivity index (χ1v) is 7.00. The van der Waals surface area contributed by atoms with Crippen LogP contribution in [0.5, 0.6) is 0 Å². The second-order valence-electron chi connectivity index (χ2n) is 4.07. The van der Waals surface area contributed by atoms with Crippen molar-refractivity contribution < 1.29 is 22.5 Å². The number of carbonyl (C=O) groups excluding carboxylic acids is 1. The molecule has 1 N–H and O–H groups in total. The number of rotatable bonds is 7. The molecule has 0 spiro atoms. The van der Waals surface area contributed by atoms with E-state index in [0.717, 1.165) is 0 Å². The molecule has 0 aliphatic carbocycles. The zero-order valence-corrected chi connectivity index (χ0v) is 10.8. The number of carbonyl (C=O) groups is 1. The van der Waals surface area contributed by atoms with Crippen LogP contribution in [0, 0.1) is 11.8 Å². The monoisotopic (exact) mass is 252 g/mol. The van der Waals surface area contributed by atoms with Crippen molar-refractivity contribution in [2.24, 2.45) is 11.8 Å². The lowest BCUT2D eigenvalue weighted by atomic mass is 9.94. The Kier molecular flexibility index (Phi) is 6.59. The van der Waals surface area contributed by atoms with E-state index in [1.54, 1.807) is 0 Å². The van der Waals surface area contributed by atoms with E-state index in [1.807, 2.05) is 20.8 Å². The van der Waals surface area contributed by atoms with Crippen LogP contribution in [0.25, 0.3) is 0 Å². The summed E-state index contributed by atoms with van der Waals surface area (Å²) in [4.78, 5) is 11.5. The van der Waals surface area contributed by atoms with Crippen LogP contribution in [0.15, 0.2) is 0 Å². The maximum Gasteiger partial charge on any atom is 0.309 e. The molecular weight excluding hydrogens is 232 g/mol. The average Bonchev–Trinajstić information content (AvgIpc) is 2.11. The van der Waals surface area contributed by atoms with Crippen LogP contribution < -0.4 is 0 Å². The van der Waals surface area contributed by atoms with E-state index in [0.29, 0.717) is 6.42 Å². The average molecular weight is 252 g/mol. The molecule has 0 aromatic rings. The summed E-state index contributed by atoms with van der Waals surface area (Å²) in [5, 5.41) is 0. The van der Waals surface area contributed by atoms with Crippen LogP contribution in [0.3, 0.4) is 0 Å². The fourth-order valence-corrected chi connectivity index (χ4v) is 1.91. The Bertz CT molecular complexity index is 307. The molecule has 0 aromatic carbocycles. The van der Waals surface area contributed by atoms with Gasteiger partial charge >= 0.3 is 5.97 Å². The summed E-state index contributed by atoms with van der Waals surface area (Å²) in [6, 6.07) is 0. The summed E-state index contributed by atoms with van der Waals surface area (Å²) >= 11 is 0. The molecule has 6 heteroatoms. The van der Waals surface area contributed by atoms with Crippen molar-refractivity contribution in [1.29, 1.82) is 0 Å². The highest BCUT2D eigenvalue weighted by atomic mass is 32.2. The van der Waals surface area contributed by atoms with Gasteiger partial charge in [-0.25, -0.2) is 0 Å². The van der Waals surface area contributed by atoms with Crippen molar-refractivity contribution in [3.63, 3.8) is 0 Å². The standard InChI is InChI=1S/C10H20O5S/c1-4-9(8(2)3)10(11)15-6-5-7-16(12,13)14/h8-9H,4-7H2,1-3H3,(H,12,13,14). The topological polar surface area (TPSA) is 80.7 Å². The number of hydrogen-bond acceptors (Lipinski definition) is 4. The minimum atomic E-state index is -3.96. The van der Waals surface area contributed by atoms with E-state index in [1.165, 1.54) is 0 Å². The molecule has 0 aliphatic rings. The molecule has 0 fully saturated rings. The molecule has 0 amide bonds. The van der Waals surface area contributed by atoms with E-state index < -0.39 is 10.1 Å². The fraction of sp³-hybridized carbons (Fsp3) is 0.900. The Morgan fingerprint density at radius 1 is 1.38 bits per heavy atom. The summed E-state index contributed by atoms with van der Waals surface area (Å²) in [5.41, 5.74) is 0. The summed E-state index contributed by atoms with van der Waals surface area (Å²) in [5.74, 6) is -0.615. The fourth-order valence-electron chi connectivity index (χ4n) is 1.43. The van der Waals surface area contributed by atoms with Crippen LogP contribution in [-0.4, -0.2) is 31.3 Å². The highest BCUT2D eigenvalue weighted by Crippen LogP contribution is 2.16. The first-order valence-electron chi connectivity index (χ1n) is 5.39. The van der Waals surface area contributed by atoms with Gasteiger partial charge in [-0.15, -0.1) is 0 Å². The zero-order valence-electron chi connectivity index (χ0n) is 9.97. The summed E-state index contributed by atoms with van der Waals surface area (Å²) in [7, 11) is -3.96. The summed E-state index contributed by atoms with van der Waals surface area (Å²) < 4.78 is 34.2. The van der Waals surface area contributed by atoms with Crippen LogP contribution in [0.2, 0.25) is 0 Å². The molecule has 96 valence electrons. The van der Waals surface area contributed by atoms with Crippen LogP contribution in [-0.2, 0) is 19.6 Å². The predicted octanol–water partition coefficient (Wildman–Crippen LogP) is 1.49. The molecule has 1 unspecified atom stereocenters. The first kappa shape index (κ1) is 15.4. The van der Waals surface area contributed by atoms with Crippen molar-refractivity contribution >= 4 is 16.1 Å².